The van der Waals surface area contributed by atoms with Crippen LogP contribution in [0.4, 0.5) is 0 Å². The highest BCUT2D eigenvalue weighted by Gasteiger charge is 2.42. The molecule has 0 spiro atoms. The molecule has 162 valence electrons. The third-order valence-electron chi connectivity index (χ3n) is 6.08. The Bertz CT molecular complexity index is 1020. The first-order valence-corrected chi connectivity index (χ1v) is 10.1. The minimum atomic E-state index is -3.08. The maximum atomic E-state index is 13.1. The van der Waals surface area contributed by atoms with Crippen LogP contribution in [0.5, 0.6) is 0 Å². The molecule has 0 aromatic rings. The van der Waals surface area contributed by atoms with Crippen LogP contribution in [-0.4, -0.2) is 36.8 Å². The van der Waals surface area contributed by atoms with Gasteiger partial charge in [-0.3, -0.25) is 9.59 Å². The van der Waals surface area contributed by atoms with Crippen LogP contribution in [0.15, 0.2) is 23.8 Å². The van der Waals surface area contributed by atoms with E-state index in [4.69, 9.17) is 24.6 Å². The lowest BCUT2D eigenvalue weighted by atomic mass is 9.65. The van der Waals surface area contributed by atoms with E-state index in [0.29, 0.717) is 12.0 Å². The first-order chi connectivity index (χ1) is 18.2. The summed E-state index contributed by atoms with van der Waals surface area (Å²) in [4.78, 5) is 25.3. The van der Waals surface area contributed by atoms with Crippen molar-refractivity contribution >= 4 is 11.9 Å². The molecule has 3 rings (SSSR count). The van der Waals surface area contributed by atoms with Gasteiger partial charge in [0.05, 0.1) is 18.4 Å². The molecule has 1 N–H and O–H groups in total. The van der Waals surface area contributed by atoms with Gasteiger partial charge >= 0.3 is 11.9 Å². The van der Waals surface area contributed by atoms with Crippen LogP contribution in [0.2, 0.25) is 0 Å². The first-order valence-electron chi connectivity index (χ1n) is 15.6. The molecule has 0 aromatic carbocycles. The topological polar surface area (TPSA) is 72.8 Å². The summed E-state index contributed by atoms with van der Waals surface area (Å²) in [5, 5.41) is 4.46. The van der Waals surface area contributed by atoms with Gasteiger partial charge in [0.25, 0.3) is 0 Å². The zero-order chi connectivity index (χ0) is 30.4. The Morgan fingerprint density at radius 3 is 3.14 bits per heavy atom. The quantitative estimate of drug-likeness (QED) is 0.631. The standard InChI is InChI=1S/C24H36O5/c1-5-15(3)24(27)29-21-11-14(2)10-17-7-6-16(4)20(23(17)21)9-8-19-12-18(25)13-22(26)28-19/h6-7,10,14-16,18-21,23,25H,5,8-9,11-13H2,1-4H3/t14-,15-,16-,18+,19?,20-,21-,23-/m0/s1/i1D3,2D3,5D2,13D2,25D. The Hall–Kier alpha value is -1.62. The van der Waals surface area contributed by atoms with Crippen molar-refractivity contribution in [2.75, 3.05) is 0 Å². The molecule has 5 heteroatoms. The molecule has 5 nitrogen and oxygen atoms in total. The lowest BCUT2D eigenvalue weighted by Gasteiger charge is -2.43. The maximum Gasteiger partial charge on any atom is 0.308 e. The lowest BCUT2D eigenvalue weighted by molar-refractivity contribution is -0.162. The van der Waals surface area contributed by atoms with Crippen molar-refractivity contribution in [2.45, 2.75) is 84.3 Å². The molecule has 8 atom stereocenters. The van der Waals surface area contributed by atoms with Gasteiger partial charge in [-0.1, -0.05) is 45.8 Å². The third-order valence-corrected chi connectivity index (χ3v) is 6.08. The van der Waals surface area contributed by atoms with Crippen LogP contribution in [0.3, 0.4) is 0 Å². The van der Waals surface area contributed by atoms with Crippen LogP contribution < -0.4 is 0 Å². The first kappa shape index (κ1) is 11.7. The lowest BCUT2D eigenvalue weighted by Crippen LogP contribution is -2.42. The van der Waals surface area contributed by atoms with Gasteiger partial charge in [-0.25, -0.2) is 0 Å². The van der Waals surface area contributed by atoms with E-state index in [1.165, 1.54) is 0 Å². The van der Waals surface area contributed by atoms with Gasteiger partial charge in [-0.2, -0.15) is 0 Å². The van der Waals surface area contributed by atoms with E-state index < -0.39 is 74.5 Å². The van der Waals surface area contributed by atoms with Crippen LogP contribution in [0, 0.1) is 29.6 Å². The van der Waals surface area contributed by atoms with E-state index in [0.717, 1.165) is 6.92 Å². The number of carbonyl (C=O) groups excluding carboxylic acids is 2. The summed E-state index contributed by atoms with van der Waals surface area (Å²) < 4.78 is 96.1. The smallest absolute Gasteiger partial charge is 0.308 e. The minimum absolute atomic E-state index is 0.0200. The van der Waals surface area contributed by atoms with E-state index in [1.54, 1.807) is 12.2 Å². The van der Waals surface area contributed by atoms with Gasteiger partial charge in [0.15, 0.2) is 0 Å². The van der Waals surface area contributed by atoms with Gasteiger partial charge in [0.2, 0.25) is 1.43 Å². The molecule has 1 saturated heterocycles. The van der Waals surface area contributed by atoms with Crippen molar-refractivity contribution in [1.29, 1.82) is 1.43 Å². The fourth-order valence-corrected chi connectivity index (χ4v) is 4.54. The molecule has 2 aliphatic carbocycles. The van der Waals surface area contributed by atoms with Gasteiger partial charge in [-0.15, -0.1) is 0 Å². The predicted octanol–water partition coefficient (Wildman–Crippen LogP) is 4.20. The molecule has 0 amide bonds. The van der Waals surface area contributed by atoms with Crippen LogP contribution in [-0.2, 0) is 19.1 Å². The third kappa shape index (κ3) is 5.30. The van der Waals surface area contributed by atoms with E-state index >= 15 is 0 Å². The molecule has 0 aromatic heterocycles. The highest BCUT2D eigenvalue weighted by molar-refractivity contribution is 5.72. The average molecular weight is 416 g/mol. The molecule has 29 heavy (non-hydrogen) atoms. The summed E-state index contributed by atoms with van der Waals surface area (Å²) in [6.07, 6.45) is -2.35. The summed E-state index contributed by atoms with van der Waals surface area (Å²) in [6.45, 7) is -2.40. The van der Waals surface area contributed by atoms with Crippen molar-refractivity contribution < 1.29 is 37.9 Å². The summed E-state index contributed by atoms with van der Waals surface area (Å²) in [5.74, 6) is -5.56. The summed E-state index contributed by atoms with van der Waals surface area (Å²) in [7, 11) is 0. The molecule has 0 bridgehead atoms. The number of ether oxygens (including phenoxy) is 2. The highest BCUT2D eigenvalue weighted by Crippen LogP contribution is 2.45. The van der Waals surface area contributed by atoms with Crippen molar-refractivity contribution in [3.8, 4) is 0 Å². The predicted molar refractivity (Wildman–Crippen MR) is 111 cm³/mol. The summed E-state index contributed by atoms with van der Waals surface area (Å²) in [6, 6.07) is 0. The van der Waals surface area contributed by atoms with E-state index in [9.17, 15) is 9.59 Å². The zero-order valence-electron chi connectivity index (χ0n) is 27.7. The van der Waals surface area contributed by atoms with Crippen LogP contribution >= 0.6 is 0 Å². The van der Waals surface area contributed by atoms with Crippen molar-refractivity contribution in [3.05, 3.63) is 23.8 Å². The number of aliphatic hydroxyl groups excluding tert-OH is 1. The Kier molecular flexibility index (Phi) is 3.81. The SMILES string of the molecule is [2H]O[C@@H]1CC(CC[C@@H]2[C@@H]3C(=C[C@H](C([2H])([2H])[2H])C[C@@H]3OC(=O)[C@@H](C)C([2H])([2H])C([2H])([2H])[2H])C=C[C@@H]2C)OC(=O)C1([2H])[2H]. The number of cyclic esters (lactones) is 1. The maximum absolute atomic E-state index is 13.1. The Morgan fingerprint density at radius 2 is 2.38 bits per heavy atom. The van der Waals surface area contributed by atoms with Gasteiger partial charge in [0.1, 0.15) is 12.2 Å². The average Bonchev–Trinajstić information content (AvgIpc) is 2.83. The number of hydrogen-bond donors (Lipinski definition) is 1. The molecule has 1 aliphatic heterocycles. The van der Waals surface area contributed by atoms with Crippen molar-refractivity contribution in [3.63, 3.8) is 0 Å². The van der Waals surface area contributed by atoms with E-state index in [-0.39, 0.29) is 31.1 Å². The molecule has 1 heterocycles. The Labute approximate surface area is 190 Å². The largest absolute Gasteiger partial charge is 0.462 e. The Morgan fingerprint density at radius 1 is 1.52 bits per heavy atom. The fourth-order valence-electron chi connectivity index (χ4n) is 4.54. The monoisotopic (exact) mass is 415 g/mol. The van der Waals surface area contributed by atoms with Crippen LogP contribution in [0.25, 0.3) is 0 Å². The van der Waals surface area contributed by atoms with Crippen LogP contribution in [0.1, 0.15) is 79.7 Å². The molecule has 1 unspecified atom stereocenters. The summed E-state index contributed by atoms with van der Waals surface area (Å²) >= 11 is 0. The molecular formula is C24H36O5. The number of hydrogen-bond acceptors (Lipinski definition) is 5. The zero-order valence-corrected chi connectivity index (χ0v) is 16.7. The fraction of sp³-hybridized carbons (Fsp3) is 0.750. The van der Waals surface area contributed by atoms with Gasteiger partial charge < -0.3 is 14.6 Å². The number of esters is 2. The number of aliphatic hydroxyl groups is 1. The number of fused-ring (bicyclic) bond motifs is 1. The Balaban J connectivity index is 1.87. The second kappa shape index (κ2) is 9.46. The minimum Gasteiger partial charge on any atom is -0.462 e. The van der Waals surface area contributed by atoms with E-state index in [2.05, 4.69) is 5.11 Å². The number of allylic oxidation sites excluding steroid dienone is 3. The summed E-state index contributed by atoms with van der Waals surface area (Å²) in [5.41, 5.74) is 0.643. The van der Waals surface area contributed by atoms with Crippen molar-refractivity contribution in [1.82, 2.24) is 0 Å². The molecule has 1 fully saturated rings. The second-order valence-corrected chi connectivity index (χ2v) is 8.23. The van der Waals surface area contributed by atoms with Gasteiger partial charge in [-0.05, 0) is 49.0 Å². The molecule has 0 saturated carbocycles. The molecule has 3 aliphatic rings. The second-order valence-electron chi connectivity index (χ2n) is 8.23. The highest BCUT2D eigenvalue weighted by atomic mass is 16.5. The van der Waals surface area contributed by atoms with E-state index in [1.807, 2.05) is 13.0 Å². The number of rotatable bonds is 7. The number of carbonyl (C=O) groups is 2. The molecular weight excluding hydrogens is 368 g/mol. The van der Waals surface area contributed by atoms with Crippen molar-refractivity contribution in [2.24, 2.45) is 29.6 Å². The van der Waals surface area contributed by atoms with Gasteiger partial charge in [0, 0.05) is 26.0 Å². The molecule has 0 radical (unpaired) electrons. The normalized spacial score (nSPS) is 46.6.